The number of nitrogens with zero attached hydrogens (tertiary/aromatic N) is 2. The average molecular weight is 336 g/mol. The summed E-state index contributed by atoms with van der Waals surface area (Å²) in [6.07, 6.45) is -5.62. The van der Waals surface area contributed by atoms with Crippen molar-refractivity contribution in [1.29, 1.82) is 0 Å². The smallest absolute Gasteiger partial charge is 0.388 e. The number of alkyl halides is 3. The van der Waals surface area contributed by atoms with Gasteiger partial charge in [-0.1, -0.05) is 24.3 Å². The molecule has 0 spiro atoms. The highest BCUT2D eigenvalue weighted by molar-refractivity contribution is 5.75. The van der Waals surface area contributed by atoms with Crippen molar-refractivity contribution >= 4 is 11.0 Å². The molecule has 3 aromatic rings. The molecular formula is C17H15F3N2O2. The first kappa shape index (κ1) is 16.5. The molecule has 2 N–H and O–H groups in total. The first-order valence-electron chi connectivity index (χ1n) is 7.30. The Morgan fingerprint density at radius 1 is 1.08 bits per heavy atom. The van der Waals surface area contributed by atoms with Crippen molar-refractivity contribution in [3.8, 4) is 0 Å². The molecule has 0 radical (unpaired) electrons. The molecular weight excluding hydrogens is 321 g/mol. The van der Waals surface area contributed by atoms with Gasteiger partial charge in [0.1, 0.15) is 12.4 Å². The lowest BCUT2D eigenvalue weighted by atomic mass is 10.1. The SMILES string of the molecule is OCc1nc2ccccc2n1C[C@@H](O)c1cccc(C(F)(F)F)c1. The molecule has 0 fully saturated rings. The van der Waals surface area contributed by atoms with Gasteiger partial charge >= 0.3 is 6.18 Å². The van der Waals surface area contributed by atoms with Gasteiger partial charge in [0.05, 0.1) is 29.2 Å². The van der Waals surface area contributed by atoms with Crippen LogP contribution in [0.4, 0.5) is 13.2 Å². The van der Waals surface area contributed by atoms with Crippen molar-refractivity contribution in [3.63, 3.8) is 0 Å². The van der Waals surface area contributed by atoms with Gasteiger partial charge in [0.2, 0.25) is 0 Å². The lowest BCUT2D eigenvalue weighted by Gasteiger charge is -2.16. The topological polar surface area (TPSA) is 58.3 Å². The van der Waals surface area contributed by atoms with Crippen LogP contribution in [0.15, 0.2) is 48.5 Å². The van der Waals surface area contributed by atoms with Gasteiger partial charge in [-0.05, 0) is 29.8 Å². The minimum absolute atomic E-state index is 0.00226. The Labute approximate surface area is 135 Å². The summed E-state index contributed by atoms with van der Waals surface area (Å²) in [7, 11) is 0. The normalized spacial score (nSPS) is 13.4. The van der Waals surface area contributed by atoms with Crippen LogP contribution in [0.5, 0.6) is 0 Å². The molecule has 0 unspecified atom stereocenters. The summed E-state index contributed by atoms with van der Waals surface area (Å²) in [4.78, 5) is 4.26. The average Bonchev–Trinajstić information content (AvgIpc) is 2.92. The highest BCUT2D eigenvalue weighted by Crippen LogP contribution is 2.31. The summed E-state index contributed by atoms with van der Waals surface area (Å²) in [6, 6.07) is 11.7. The number of rotatable bonds is 4. The molecule has 3 rings (SSSR count). The van der Waals surface area contributed by atoms with Crippen LogP contribution < -0.4 is 0 Å². The monoisotopic (exact) mass is 336 g/mol. The third-order valence-corrected chi connectivity index (χ3v) is 3.83. The Kier molecular flexibility index (Phi) is 4.29. The van der Waals surface area contributed by atoms with Gasteiger partial charge in [-0.15, -0.1) is 0 Å². The van der Waals surface area contributed by atoms with Gasteiger partial charge in [0.15, 0.2) is 0 Å². The van der Waals surface area contributed by atoms with Crippen molar-refractivity contribution in [2.24, 2.45) is 0 Å². The number of hydrogen-bond acceptors (Lipinski definition) is 3. The molecule has 7 heteroatoms. The molecule has 0 saturated carbocycles. The highest BCUT2D eigenvalue weighted by atomic mass is 19.4. The van der Waals surface area contributed by atoms with Crippen molar-refractivity contribution < 1.29 is 23.4 Å². The molecule has 0 aliphatic rings. The minimum Gasteiger partial charge on any atom is -0.388 e. The van der Waals surface area contributed by atoms with Gasteiger partial charge in [-0.25, -0.2) is 4.98 Å². The molecule has 0 bridgehead atoms. The molecule has 0 saturated heterocycles. The number of imidazole rings is 1. The van der Waals surface area contributed by atoms with E-state index < -0.39 is 17.8 Å². The van der Waals surface area contributed by atoms with E-state index in [1.165, 1.54) is 12.1 Å². The largest absolute Gasteiger partial charge is 0.416 e. The molecule has 0 amide bonds. The summed E-state index contributed by atoms with van der Waals surface area (Å²) in [6.45, 7) is -0.332. The van der Waals surface area contributed by atoms with Crippen molar-refractivity contribution in [2.75, 3.05) is 0 Å². The molecule has 1 atom stereocenters. The number of para-hydroxylation sites is 2. The first-order chi connectivity index (χ1) is 11.4. The van der Waals surface area contributed by atoms with Crippen molar-refractivity contribution in [1.82, 2.24) is 9.55 Å². The van der Waals surface area contributed by atoms with E-state index in [0.717, 1.165) is 12.1 Å². The van der Waals surface area contributed by atoms with E-state index >= 15 is 0 Å². The lowest BCUT2D eigenvalue weighted by Crippen LogP contribution is -2.13. The van der Waals surface area contributed by atoms with Crippen LogP contribution in [-0.4, -0.2) is 19.8 Å². The molecule has 4 nitrogen and oxygen atoms in total. The van der Waals surface area contributed by atoms with E-state index in [9.17, 15) is 23.4 Å². The molecule has 1 heterocycles. The second-order valence-corrected chi connectivity index (χ2v) is 5.42. The van der Waals surface area contributed by atoms with E-state index in [0.29, 0.717) is 16.9 Å². The fraction of sp³-hybridized carbons (Fsp3) is 0.235. The predicted octanol–water partition coefficient (Wildman–Crippen LogP) is 3.28. The van der Waals surface area contributed by atoms with E-state index in [-0.39, 0.29) is 18.7 Å². The predicted molar refractivity (Wildman–Crippen MR) is 82.1 cm³/mol. The van der Waals surface area contributed by atoms with E-state index in [1.807, 2.05) is 0 Å². The maximum absolute atomic E-state index is 12.8. The van der Waals surface area contributed by atoms with Crippen LogP contribution in [0.1, 0.15) is 23.1 Å². The van der Waals surface area contributed by atoms with Crippen LogP contribution in [0.3, 0.4) is 0 Å². The Hall–Kier alpha value is -2.38. The molecule has 0 aliphatic carbocycles. The number of aromatic nitrogens is 2. The zero-order chi connectivity index (χ0) is 17.3. The fourth-order valence-electron chi connectivity index (χ4n) is 2.65. The Bertz CT molecular complexity index is 858. The Balaban J connectivity index is 1.94. The summed E-state index contributed by atoms with van der Waals surface area (Å²) >= 11 is 0. The maximum Gasteiger partial charge on any atom is 0.416 e. The third kappa shape index (κ3) is 3.13. The van der Waals surface area contributed by atoms with Gasteiger partial charge in [0, 0.05) is 0 Å². The Morgan fingerprint density at radius 3 is 2.54 bits per heavy atom. The molecule has 0 aliphatic heterocycles. The van der Waals surface area contributed by atoms with Crippen LogP contribution in [0.2, 0.25) is 0 Å². The fourth-order valence-corrected chi connectivity index (χ4v) is 2.65. The molecule has 24 heavy (non-hydrogen) atoms. The zero-order valence-corrected chi connectivity index (χ0v) is 12.5. The number of halogens is 3. The Morgan fingerprint density at radius 2 is 1.83 bits per heavy atom. The van der Waals surface area contributed by atoms with Gasteiger partial charge in [-0.2, -0.15) is 13.2 Å². The van der Waals surface area contributed by atoms with Gasteiger partial charge < -0.3 is 14.8 Å². The van der Waals surface area contributed by atoms with E-state index in [1.54, 1.807) is 28.8 Å². The maximum atomic E-state index is 12.8. The van der Waals surface area contributed by atoms with E-state index in [4.69, 9.17) is 0 Å². The quantitative estimate of drug-likeness (QED) is 0.769. The van der Waals surface area contributed by atoms with Crippen LogP contribution in [0, 0.1) is 0 Å². The second kappa shape index (κ2) is 6.26. The number of aliphatic hydroxyl groups is 2. The number of benzene rings is 2. The molecule has 126 valence electrons. The van der Waals surface area contributed by atoms with Gasteiger partial charge in [-0.3, -0.25) is 0 Å². The summed E-state index contributed by atoms with van der Waals surface area (Å²) < 4.78 is 40.0. The van der Waals surface area contributed by atoms with Crippen molar-refractivity contribution in [2.45, 2.75) is 25.4 Å². The van der Waals surface area contributed by atoms with Crippen molar-refractivity contribution in [3.05, 3.63) is 65.5 Å². The lowest BCUT2D eigenvalue weighted by molar-refractivity contribution is -0.137. The number of hydrogen-bond donors (Lipinski definition) is 2. The molecule has 1 aromatic heterocycles. The van der Waals surface area contributed by atoms with Crippen LogP contribution in [-0.2, 0) is 19.3 Å². The zero-order valence-electron chi connectivity index (χ0n) is 12.5. The number of aliphatic hydroxyl groups excluding tert-OH is 2. The summed E-state index contributed by atoms with van der Waals surface area (Å²) in [5.74, 6) is 0.349. The number of fused-ring (bicyclic) bond motifs is 1. The second-order valence-electron chi connectivity index (χ2n) is 5.42. The molecule has 2 aromatic carbocycles. The van der Waals surface area contributed by atoms with E-state index in [2.05, 4.69) is 4.98 Å². The highest BCUT2D eigenvalue weighted by Gasteiger charge is 2.31. The van der Waals surface area contributed by atoms with Crippen LogP contribution >= 0.6 is 0 Å². The van der Waals surface area contributed by atoms with Gasteiger partial charge in [0.25, 0.3) is 0 Å². The van der Waals surface area contributed by atoms with Crippen LogP contribution in [0.25, 0.3) is 11.0 Å². The first-order valence-corrected chi connectivity index (χ1v) is 7.30. The summed E-state index contributed by atoms with van der Waals surface area (Å²) in [5.41, 5.74) is 0.703. The summed E-state index contributed by atoms with van der Waals surface area (Å²) in [5, 5.41) is 19.8. The minimum atomic E-state index is -4.46. The third-order valence-electron chi connectivity index (χ3n) is 3.83. The standard InChI is InChI=1S/C17H15F3N2O2/c18-17(19,20)12-5-3-4-11(8-12)15(24)9-22-14-7-2-1-6-13(14)21-16(22)10-23/h1-8,15,23-24H,9-10H2/t15-/m1/s1.